The van der Waals surface area contributed by atoms with Gasteiger partial charge in [-0.15, -0.1) is 0 Å². The molecule has 36 heavy (non-hydrogen) atoms. The first kappa shape index (κ1) is 26.9. The van der Waals surface area contributed by atoms with E-state index in [1.165, 1.54) is 13.8 Å². The van der Waals surface area contributed by atoms with Gasteiger partial charge in [-0.2, -0.15) is 0 Å². The Bertz CT molecular complexity index is 1030. The van der Waals surface area contributed by atoms with Gasteiger partial charge in [0.15, 0.2) is 11.2 Å². The van der Waals surface area contributed by atoms with Crippen molar-refractivity contribution in [1.82, 2.24) is 0 Å². The van der Waals surface area contributed by atoms with Crippen LogP contribution in [0, 0.1) is 38.9 Å². The van der Waals surface area contributed by atoms with E-state index in [4.69, 9.17) is 9.47 Å². The summed E-state index contributed by atoms with van der Waals surface area (Å²) in [5, 5.41) is 10.1. The van der Waals surface area contributed by atoms with Crippen LogP contribution < -0.4 is 0 Å². The van der Waals surface area contributed by atoms with Crippen molar-refractivity contribution in [3.05, 3.63) is 11.6 Å². The lowest BCUT2D eigenvalue weighted by Crippen LogP contribution is -2.65. The normalized spacial score (nSPS) is 43.2. The molecule has 7 atom stereocenters. The van der Waals surface area contributed by atoms with E-state index in [1.807, 2.05) is 6.08 Å². The lowest BCUT2D eigenvalue weighted by Gasteiger charge is -2.69. The van der Waals surface area contributed by atoms with E-state index in [9.17, 15) is 24.3 Å². The zero-order valence-electron chi connectivity index (χ0n) is 22.9. The Labute approximate surface area is 214 Å². The second kappa shape index (κ2) is 8.42. The monoisotopic (exact) mass is 502 g/mol. The standard InChI is InChI=1S/C29H42O7/c1-17(30)35-16-29(24(33)34)15-14-27(6)19(23(29)32)8-9-21-26(5)12-11-22(36-18(2)31)25(3,4)20(26)10-13-28(21,27)7/h8,20-22H,9-16H2,1-7H3,(H,33,34)/t20?,21?,22?,26-,27+,28+,29-/m0/s1. The van der Waals surface area contributed by atoms with Crippen LogP contribution in [0.15, 0.2) is 11.6 Å². The lowest BCUT2D eigenvalue weighted by molar-refractivity contribution is -0.209. The van der Waals surface area contributed by atoms with Crippen molar-refractivity contribution in [3.63, 3.8) is 0 Å². The Hall–Kier alpha value is -2.18. The van der Waals surface area contributed by atoms with Gasteiger partial charge in [-0.25, -0.2) is 0 Å². The molecule has 0 spiro atoms. The number of carbonyl (C=O) groups is 4. The smallest absolute Gasteiger partial charge is 0.321 e. The maximum Gasteiger partial charge on any atom is 0.321 e. The highest BCUT2D eigenvalue weighted by Gasteiger charge is 2.69. The number of hydrogen-bond acceptors (Lipinski definition) is 6. The third kappa shape index (κ3) is 3.51. The fourth-order valence-electron chi connectivity index (χ4n) is 9.12. The number of ketones is 1. The lowest BCUT2D eigenvalue weighted by atomic mass is 9.35. The van der Waals surface area contributed by atoms with E-state index in [1.54, 1.807) is 0 Å². The molecular weight excluding hydrogens is 460 g/mol. The minimum atomic E-state index is -1.72. The summed E-state index contributed by atoms with van der Waals surface area (Å²) in [6.45, 7) is 13.6. The Morgan fingerprint density at radius 2 is 1.61 bits per heavy atom. The number of esters is 2. The third-order valence-electron chi connectivity index (χ3n) is 11.4. The fraction of sp³-hybridized carbons (Fsp3) is 0.793. The molecule has 7 nitrogen and oxygen atoms in total. The molecule has 4 rings (SSSR count). The maximum atomic E-state index is 13.9. The summed E-state index contributed by atoms with van der Waals surface area (Å²) in [5.41, 5.74) is -1.87. The number of ether oxygens (including phenoxy) is 2. The van der Waals surface area contributed by atoms with Crippen LogP contribution in [0.5, 0.6) is 0 Å². The highest BCUT2D eigenvalue weighted by molar-refractivity contribution is 6.13. The minimum Gasteiger partial charge on any atom is -0.480 e. The van der Waals surface area contributed by atoms with E-state index in [2.05, 4.69) is 34.6 Å². The predicted molar refractivity (Wildman–Crippen MR) is 133 cm³/mol. The first-order chi connectivity index (χ1) is 16.6. The van der Waals surface area contributed by atoms with E-state index >= 15 is 0 Å². The van der Waals surface area contributed by atoms with Crippen molar-refractivity contribution in [3.8, 4) is 0 Å². The molecule has 0 aliphatic heterocycles. The molecule has 0 saturated heterocycles. The SMILES string of the molecule is CC(=O)OC[C@@]1(C(=O)O)CC[C@]2(C)C(=CCC3[C@@]4(C)CCC(OC(C)=O)C(C)(C)C4CC[C@]32C)C1=O. The molecule has 0 aromatic rings. The Balaban J connectivity index is 1.72. The number of aliphatic carboxylic acids is 1. The number of carboxylic acids is 1. The number of hydrogen-bond donors (Lipinski definition) is 1. The highest BCUT2D eigenvalue weighted by atomic mass is 16.5. The number of carbonyl (C=O) groups excluding carboxylic acids is 3. The highest BCUT2D eigenvalue weighted by Crippen LogP contribution is 2.73. The Morgan fingerprint density at radius 3 is 2.19 bits per heavy atom. The molecule has 0 aromatic heterocycles. The maximum absolute atomic E-state index is 13.9. The van der Waals surface area contributed by atoms with Crippen LogP contribution >= 0.6 is 0 Å². The van der Waals surface area contributed by atoms with Gasteiger partial charge < -0.3 is 14.6 Å². The second-order valence-electron chi connectivity index (χ2n) is 13.2. The number of rotatable bonds is 4. The molecule has 3 fully saturated rings. The van der Waals surface area contributed by atoms with Crippen molar-refractivity contribution in [2.75, 3.05) is 6.61 Å². The molecule has 0 bridgehead atoms. The van der Waals surface area contributed by atoms with Crippen LogP contribution in [0.3, 0.4) is 0 Å². The van der Waals surface area contributed by atoms with Crippen LogP contribution in [0.2, 0.25) is 0 Å². The molecular formula is C29H42O7. The number of fused-ring (bicyclic) bond motifs is 5. The van der Waals surface area contributed by atoms with Gasteiger partial charge in [0.2, 0.25) is 0 Å². The molecule has 0 radical (unpaired) electrons. The predicted octanol–water partition coefficient (Wildman–Crippen LogP) is 5.11. The first-order valence-electron chi connectivity index (χ1n) is 13.4. The van der Waals surface area contributed by atoms with Gasteiger partial charge in [0.25, 0.3) is 0 Å². The molecule has 3 saturated carbocycles. The molecule has 7 heteroatoms. The van der Waals surface area contributed by atoms with Gasteiger partial charge in [-0.1, -0.05) is 40.7 Å². The summed E-state index contributed by atoms with van der Waals surface area (Å²) in [6.07, 6.45) is 7.03. The third-order valence-corrected chi connectivity index (χ3v) is 11.4. The average molecular weight is 503 g/mol. The van der Waals surface area contributed by atoms with E-state index in [0.29, 0.717) is 23.8 Å². The zero-order valence-corrected chi connectivity index (χ0v) is 22.9. The largest absolute Gasteiger partial charge is 0.480 e. The molecule has 3 unspecified atom stereocenters. The summed E-state index contributed by atoms with van der Waals surface area (Å²) in [4.78, 5) is 49.5. The van der Waals surface area contributed by atoms with Gasteiger partial charge in [-0.3, -0.25) is 19.2 Å². The Kier molecular flexibility index (Phi) is 6.29. The molecule has 4 aliphatic carbocycles. The van der Waals surface area contributed by atoms with Crippen LogP contribution in [0.25, 0.3) is 0 Å². The van der Waals surface area contributed by atoms with Gasteiger partial charge in [0, 0.05) is 24.7 Å². The van der Waals surface area contributed by atoms with Crippen LogP contribution in [0.4, 0.5) is 0 Å². The summed E-state index contributed by atoms with van der Waals surface area (Å²) < 4.78 is 10.9. The van der Waals surface area contributed by atoms with Crippen molar-refractivity contribution < 1.29 is 33.8 Å². The zero-order chi connectivity index (χ0) is 26.9. The van der Waals surface area contributed by atoms with Crippen molar-refractivity contribution in [1.29, 1.82) is 0 Å². The summed E-state index contributed by atoms with van der Waals surface area (Å²) in [6, 6.07) is 0. The summed E-state index contributed by atoms with van der Waals surface area (Å²) in [7, 11) is 0. The quantitative estimate of drug-likeness (QED) is 0.420. The molecule has 1 N–H and O–H groups in total. The second-order valence-corrected chi connectivity index (χ2v) is 13.2. The van der Waals surface area contributed by atoms with Gasteiger partial charge in [0.1, 0.15) is 12.7 Å². The molecule has 200 valence electrons. The summed E-state index contributed by atoms with van der Waals surface area (Å²) in [5.74, 6) is -1.72. The summed E-state index contributed by atoms with van der Waals surface area (Å²) >= 11 is 0. The van der Waals surface area contributed by atoms with Crippen LogP contribution in [0.1, 0.15) is 93.4 Å². The number of Topliss-reactive ketones (excluding diaryl/α,β-unsaturated/α-hetero) is 1. The number of allylic oxidation sites excluding steroid dienone is 2. The fourth-order valence-corrected chi connectivity index (χ4v) is 9.12. The first-order valence-corrected chi connectivity index (χ1v) is 13.4. The topological polar surface area (TPSA) is 107 Å². The van der Waals surface area contributed by atoms with Gasteiger partial charge in [0.05, 0.1) is 0 Å². The molecule has 4 aliphatic rings. The average Bonchev–Trinajstić information content (AvgIpc) is 2.76. The van der Waals surface area contributed by atoms with Gasteiger partial charge >= 0.3 is 17.9 Å². The van der Waals surface area contributed by atoms with Gasteiger partial charge in [-0.05, 0) is 73.2 Å². The van der Waals surface area contributed by atoms with E-state index in [0.717, 1.165) is 32.1 Å². The number of carboxylic acid groups (broad SMARTS) is 1. The van der Waals surface area contributed by atoms with Crippen molar-refractivity contribution in [2.45, 2.75) is 99.5 Å². The van der Waals surface area contributed by atoms with Crippen LogP contribution in [-0.2, 0) is 28.7 Å². The van der Waals surface area contributed by atoms with Crippen molar-refractivity contribution >= 4 is 23.7 Å². The molecule has 0 aromatic carbocycles. The molecule has 0 amide bonds. The minimum absolute atomic E-state index is 0.0142. The van der Waals surface area contributed by atoms with E-state index in [-0.39, 0.29) is 34.7 Å². The molecule has 0 heterocycles. The van der Waals surface area contributed by atoms with Crippen LogP contribution in [-0.4, -0.2) is 41.5 Å². The van der Waals surface area contributed by atoms with Crippen molar-refractivity contribution in [2.24, 2.45) is 38.9 Å². The van der Waals surface area contributed by atoms with E-state index < -0.39 is 35.2 Å². The Morgan fingerprint density at radius 1 is 0.944 bits per heavy atom.